The average molecular weight is 198 g/mol. The number of nitrogens with one attached hydrogen (secondary N) is 1. The van der Waals surface area contributed by atoms with Crippen molar-refractivity contribution in [3.8, 4) is 0 Å². The molecule has 1 rings (SSSR count). The van der Waals surface area contributed by atoms with Crippen LogP contribution in [0.2, 0.25) is 0 Å². The topological polar surface area (TPSA) is 63.8 Å². The summed E-state index contributed by atoms with van der Waals surface area (Å²) in [6.07, 6.45) is 1.70. The number of rotatable bonds is 4. The van der Waals surface area contributed by atoms with Crippen molar-refractivity contribution in [1.29, 1.82) is 0 Å². The van der Waals surface area contributed by atoms with E-state index in [4.69, 9.17) is 5.84 Å². The molecule has 0 fully saturated rings. The van der Waals surface area contributed by atoms with Crippen LogP contribution in [0.15, 0.2) is 17.3 Å². The fourth-order valence-electron chi connectivity index (χ4n) is 0.744. The number of nitrogen functional groups attached to an aromatic ring is 1. The van der Waals surface area contributed by atoms with Gasteiger partial charge in [-0.1, -0.05) is 13.8 Å². The minimum atomic E-state index is 0.466. The maximum Gasteiger partial charge on any atom is 0.238 e. The molecule has 13 heavy (non-hydrogen) atoms. The summed E-state index contributed by atoms with van der Waals surface area (Å²) in [7, 11) is 0. The first-order chi connectivity index (χ1) is 6.22. The molecule has 1 heterocycles. The van der Waals surface area contributed by atoms with Gasteiger partial charge in [0, 0.05) is 11.9 Å². The Bertz CT molecular complexity index is 264. The SMILES string of the molecule is CC(C)CSc1ccnc(NN)n1. The van der Waals surface area contributed by atoms with Crippen molar-refractivity contribution in [3.63, 3.8) is 0 Å². The summed E-state index contributed by atoms with van der Waals surface area (Å²) < 4.78 is 0. The van der Waals surface area contributed by atoms with Crippen LogP contribution in [-0.4, -0.2) is 15.7 Å². The van der Waals surface area contributed by atoms with Gasteiger partial charge in [-0.2, -0.15) is 0 Å². The molecule has 72 valence electrons. The summed E-state index contributed by atoms with van der Waals surface area (Å²) in [6.45, 7) is 4.35. The molecular weight excluding hydrogens is 184 g/mol. The first kappa shape index (κ1) is 10.3. The van der Waals surface area contributed by atoms with E-state index in [0.717, 1.165) is 10.8 Å². The highest BCUT2D eigenvalue weighted by Gasteiger charge is 2.00. The first-order valence-corrected chi connectivity index (χ1v) is 5.13. The van der Waals surface area contributed by atoms with Crippen LogP contribution in [0.25, 0.3) is 0 Å². The van der Waals surface area contributed by atoms with Gasteiger partial charge in [-0.05, 0) is 12.0 Å². The highest BCUT2D eigenvalue weighted by Crippen LogP contribution is 2.18. The number of nitrogens with zero attached hydrogens (tertiary/aromatic N) is 2. The molecule has 1 aromatic heterocycles. The summed E-state index contributed by atoms with van der Waals surface area (Å²) in [4.78, 5) is 8.10. The van der Waals surface area contributed by atoms with Crippen molar-refractivity contribution in [2.75, 3.05) is 11.2 Å². The van der Waals surface area contributed by atoms with E-state index in [9.17, 15) is 0 Å². The molecule has 0 spiro atoms. The Morgan fingerprint density at radius 1 is 1.62 bits per heavy atom. The second-order valence-corrected chi connectivity index (χ2v) is 4.11. The second-order valence-electron chi connectivity index (χ2n) is 3.07. The normalized spacial score (nSPS) is 10.5. The van der Waals surface area contributed by atoms with Gasteiger partial charge in [0.2, 0.25) is 5.95 Å². The summed E-state index contributed by atoms with van der Waals surface area (Å²) in [5.74, 6) is 7.37. The largest absolute Gasteiger partial charge is 0.292 e. The molecule has 0 radical (unpaired) electrons. The van der Waals surface area contributed by atoms with E-state index in [1.165, 1.54) is 0 Å². The van der Waals surface area contributed by atoms with Gasteiger partial charge in [-0.3, -0.25) is 5.43 Å². The number of aromatic nitrogens is 2. The van der Waals surface area contributed by atoms with Gasteiger partial charge in [0.05, 0.1) is 0 Å². The third-order valence-electron chi connectivity index (χ3n) is 1.32. The van der Waals surface area contributed by atoms with Crippen LogP contribution < -0.4 is 11.3 Å². The van der Waals surface area contributed by atoms with E-state index >= 15 is 0 Å². The van der Waals surface area contributed by atoms with Crippen molar-refractivity contribution in [1.82, 2.24) is 9.97 Å². The van der Waals surface area contributed by atoms with Crippen LogP contribution in [0.5, 0.6) is 0 Å². The van der Waals surface area contributed by atoms with Gasteiger partial charge < -0.3 is 0 Å². The first-order valence-electron chi connectivity index (χ1n) is 4.15. The quantitative estimate of drug-likeness (QED) is 0.332. The molecule has 0 unspecified atom stereocenters. The number of hydrogen-bond acceptors (Lipinski definition) is 5. The Kier molecular flexibility index (Phi) is 3.98. The Morgan fingerprint density at radius 2 is 2.38 bits per heavy atom. The summed E-state index contributed by atoms with van der Waals surface area (Å²) in [6, 6.07) is 1.88. The van der Waals surface area contributed by atoms with Crippen molar-refractivity contribution >= 4 is 17.7 Å². The molecule has 0 aliphatic carbocycles. The molecule has 0 aliphatic heterocycles. The molecule has 0 saturated heterocycles. The highest BCUT2D eigenvalue weighted by atomic mass is 32.2. The third kappa shape index (κ3) is 3.61. The lowest BCUT2D eigenvalue weighted by atomic mass is 10.3. The molecule has 0 bridgehead atoms. The number of thioether (sulfide) groups is 1. The second kappa shape index (κ2) is 5.04. The van der Waals surface area contributed by atoms with Crippen molar-refractivity contribution in [2.24, 2.45) is 11.8 Å². The standard InChI is InChI=1S/C8H14N4S/c1-6(2)5-13-7-3-4-10-8(11-7)12-9/h3-4,6H,5,9H2,1-2H3,(H,10,11,12). The molecular formula is C8H14N4S. The molecule has 0 amide bonds. The minimum Gasteiger partial charge on any atom is -0.292 e. The molecule has 0 saturated carbocycles. The van der Waals surface area contributed by atoms with Crippen LogP contribution in [0.3, 0.4) is 0 Å². The molecule has 3 N–H and O–H groups in total. The number of nitrogens with two attached hydrogens (primary N) is 1. The zero-order valence-electron chi connectivity index (χ0n) is 7.82. The van der Waals surface area contributed by atoms with Gasteiger partial charge in [0.25, 0.3) is 0 Å². The Labute approximate surface area is 82.3 Å². The van der Waals surface area contributed by atoms with Crippen molar-refractivity contribution in [3.05, 3.63) is 12.3 Å². The molecule has 0 aromatic carbocycles. The predicted molar refractivity (Wildman–Crippen MR) is 55.4 cm³/mol. The fraction of sp³-hybridized carbons (Fsp3) is 0.500. The summed E-state index contributed by atoms with van der Waals surface area (Å²) >= 11 is 1.71. The predicted octanol–water partition coefficient (Wildman–Crippen LogP) is 1.51. The number of hydrazine groups is 1. The van der Waals surface area contributed by atoms with Gasteiger partial charge in [-0.25, -0.2) is 15.8 Å². The monoisotopic (exact) mass is 198 g/mol. The summed E-state index contributed by atoms with van der Waals surface area (Å²) in [5.41, 5.74) is 2.42. The maximum atomic E-state index is 5.19. The van der Waals surface area contributed by atoms with Crippen LogP contribution in [-0.2, 0) is 0 Å². The van der Waals surface area contributed by atoms with Gasteiger partial charge in [-0.15, -0.1) is 11.8 Å². The van der Waals surface area contributed by atoms with E-state index in [0.29, 0.717) is 11.9 Å². The van der Waals surface area contributed by atoms with Gasteiger partial charge in [0.15, 0.2) is 0 Å². The number of anilines is 1. The Hall–Kier alpha value is -0.810. The smallest absolute Gasteiger partial charge is 0.238 e. The highest BCUT2D eigenvalue weighted by molar-refractivity contribution is 7.99. The van der Waals surface area contributed by atoms with Crippen molar-refractivity contribution in [2.45, 2.75) is 18.9 Å². The van der Waals surface area contributed by atoms with Crippen molar-refractivity contribution < 1.29 is 0 Å². The molecule has 0 atom stereocenters. The zero-order chi connectivity index (χ0) is 9.68. The van der Waals surface area contributed by atoms with Gasteiger partial charge >= 0.3 is 0 Å². The maximum absolute atomic E-state index is 5.19. The molecule has 0 aliphatic rings. The fourth-order valence-corrected chi connectivity index (χ4v) is 1.56. The van der Waals surface area contributed by atoms with E-state index in [-0.39, 0.29) is 0 Å². The lowest BCUT2D eigenvalue weighted by molar-refractivity contribution is 0.749. The van der Waals surface area contributed by atoms with Gasteiger partial charge in [0.1, 0.15) is 5.03 Å². The van der Waals surface area contributed by atoms with Crippen LogP contribution in [0.4, 0.5) is 5.95 Å². The summed E-state index contributed by atoms with van der Waals surface area (Å²) in [5, 5.41) is 0.955. The third-order valence-corrected chi connectivity index (χ3v) is 2.68. The van der Waals surface area contributed by atoms with E-state index in [1.54, 1.807) is 18.0 Å². The molecule has 1 aromatic rings. The average Bonchev–Trinajstić information content (AvgIpc) is 2.15. The Morgan fingerprint density at radius 3 is 3.00 bits per heavy atom. The van der Waals surface area contributed by atoms with E-state index < -0.39 is 0 Å². The zero-order valence-corrected chi connectivity index (χ0v) is 8.64. The minimum absolute atomic E-state index is 0.466. The van der Waals surface area contributed by atoms with Crippen LogP contribution >= 0.6 is 11.8 Å². The molecule has 5 heteroatoms. The lowest BCUT2D eigenvalue weighted by Gasteiger charge is -2.04. The van der Waals surface area contributed by atoms with Crippen LogP contribution in [0.1, 0.15) is 13.8 Å². The van der Waals surface area contributed by atoms with E-state index in [2.05, 4.69) is 29.2 Å². The Balaban J connectivity index is 2.56. The van der Waals surface area contributed by atoms with E-state index in [1.807, 2.05) is 6.07 Å². The van der Waals surface area contributed by atoms with Crippen LogP contribution in [0, 0.1) is 5.92 Å². The lowest BCUT2D eigenvalue weighted by Crippen LogP contribution is -2.10. The number of hydrogen-bond donors (Lipinski definition) is 2. The molecule has 4 nitrogen and oxygen atoms in total.